The van der Waals surface area contributed by atoms with Gasteiger partial charge in [0.25, 0.3) is 0 Å². The summed E-state index contributed by atoms with van der Waals surface area (Å²) in [5.74, 6) is -1.02. The minimum Gasteiger partial charge on any atom is -0.481 e. The van der Waals surface area contributed by atoms with Crippen molar-refractivity contribution in [2.24, 2.45) is 11.8 Å². The number of thiophene rings is 1. The van der Waals surface area contributed by atoms with Gasteiger partial charge in [-0.2, -0.15) is 0 Å². The minimum absolute atomic E-state index is 0.0393. The van der Waals surface area contributed by atoms with Crippen molar-refractivity contribution < 1.29 is 14.7 Å². The van der Waals surface area contributed by atoms with E-state index in [4.69, 9.17) is 5.11 Å². The van der Waals surface area contributed by atoms with Crippen LogP contribution in [0.2, 0.25) is 0 Å². The van der Waals surface area contributed by atoms with E-state index in [0.717, 1.165) is 17.7 Å². The molecular weight excluding hydrogens is 288 g/mol. The van der Waals surface area contributed by atoms with E-state index < -0.39 is 5.97 Å². The van der Waals surface area contributed by atoms with Crippen molar-refractivity contribution in [3.63, 3.8) is 0 Å². The van der Waals surface area contributed by atoms with Gasteiger partial charge in [-0.15, -0.1) is 11.3 Å². The van der Waals surface area contributed by atoms with Crippen LogP contribution in [0.3, 0.4) is 0 Å². The molecule has 3 N–H and O–H groups in total. The van der Waals surface area contributed by atoms with E-state index >= 15 is 0 Å². The zero-order valence-corrected chi connectivity index (χ0v) is 13.2. The van der Waals surface area contributed by atoms with E-state index in [2.05, 4.69) is 10.6 Å². The molecule has 3 atom stereocenters. The van der Waals surface area contributed by atoms with Gasteiger partial charge in [0.1, 0.15) is 0 Å². The van der Waals surface area contributed by atoms with E-state index in [-0.39, 0.29) is 23.9 Å². The fraction of sp³-hybridized carbons (Fsp3) is 0.600. The van der Waals surface area contributed by atoms with Crippen LogP contribution in [-0.4, -0.2) is 23.7 Å². The molecule has 1 aliphatic carbocycles. The molecule has 21 heavy (non-hydrogen) atoms. The number of rotatable bonds is 5. The first-order valence-electron chi connectivity index (χ1n) is 7.31. The molecule has 0 saturated heterocycles. The summed E-state index contributed by atoms with van der Waals surface area (Å²) in [6.45, 7) is 4.41. The van der Waals surface area contributed by atoms with Crippen molar-refractivity contribution in [3.8, 4) is 0 Å². The number of hydrogen-bond acceptors (Lipinski definition) is 3. The number of carboxylic acid groups (broad SMARTS) is 1. The fourth-order valence-corrected chi connectivity index (χ4v) is 3.71. The van der Waals surface area contributed by atoms with E-state index in [1.807, 2.05) is 26.0 Å². The first-order valence-corrected chi connectivity index (χ1v) is 8.12. The molecule has 1 aliphatic rings. The molecule has 0 bridgehead atoms. The summed E-state index contributed by atoms with van der Waals surface area (Å²) in [4.78, 5) is 25.3. The lowest BCUT2D eigenvalue weighted by Crippen LogP contribution is -2.40. The van der Waals surface area contributed by atoms with E-state index in [9.17, 15) is 9.59 Å². The Morgan fingerprint density at radius 3 is 2.81 bits per heavy atom. The molecule has 0 aromatic carbocycles. The molecule has 5 nitrogen and oxygen atoms in total. The van der Waals surface area contributed by atoms with Crippen molar-refractivity contribution in [1.29, 1.82) is 0 Å². The molecule has 1 saturated carbocycles. The molecule has 6 heteroatoms. The van der Waals surface area contributed by atoms with Gasteiger partial charge in [-0.1, -0.05) is 6.42 Å². The van der Waals surface area contributed by atoms with Crippen LogP contribution in [0.1, 0.15) is 42.0 Å². The highest BCUT2D eigenvalue weighted by molar-refractivity contribution is 7.12. The number of aryl methyl sites for hydroxylation is 1. The second-order valence-corrected chi connectivity index (χ2v) is 6.98. The van der Waals surface area contributed by atoms with Crippen LogP contribution < -0.4 is 10.6 Å². The van der Waals surface area contributed by atoms with Crippen molar-refractivity contribution in [2.45, 2.75) is 39.2 Å². The second kappa shape index (κ2) is 6.93. The van der Waals surface area contributed by atoms with Crippen molar-refractivity contribution >= 4 is 23.3 Å². The molecule has 116 valence electrons. The van der Waals surface area contributed by atoms with Crippen LogP contribution in [0, 0.1) is 18.8 Å². The van der Waals surface area contributed by atoms with Gasteiger partial charge < -0.3 is 15.7 Å². The Morgan fingerprint density at radius 2 is 2.19 bits per heavy atom. The monoisotopic (exact) mass is 310 g/mol. The van der Waals surface area contributed by atoms with Crippen molar-refractivity contribution in [1.82, 2.24) is 10.6 Å². The Labute approximate surface area is 128 Å². The topological polar surface area (TPSA) is 78.4 Å². The normalized spacial score (nSPS) is 22.8. The molecule has 1 aromatic rings. The molecule has 1 aromatic heterocycles. The molecule has 0 radical (unpaired) electrons. The predicted octanol–water partition coefficient (Wildman–Crippen LogP) is 2.92. The minimum atomic E-state index is -0.748. The number of nitrogens with one attached hydrogen (secondary N) is 2. The third kappa shape index (κ3) is 4.20. The van der Waals surface area contributed by atoms with Gasteiger partial charge >= 0.3 is 12.0 Å². The summed E-state index contributed by atoms with van der Waals surface area (Å²) in [5, 5.41) is 14.8. The standard InChI is InChI=1S/C15H22N2O3S/c1-9-6-7-13(21-9)10(2)17-15(20)16-8-11-4-3-5-12(11)14(18)19/h6-7,10-12H,3-5,8H2,1-2H3,(H,18,19)(H2,16,17,20). The molecule has 2 amide bonds. The number of urea groups is 1. The van der Waals surface area contributed by atoms with Crippen LogP contribution in [0.4, 0.5) is 4.79 Å². The Balaban J connectivity index is 1.78. The summed E-state index contributed by atoms with van der Waals surface area (Å²) >= 11 is 1.67. The molecule has 2 rings (SSSR count). The third-order valence-corrected chi connectivity index (χ3v) is 5.22. The quantitative estimate of drug-likeness (QED) is 0.782. The summed E-state index contributed by atoms with van der Waals surface area (Å²) in [7, 11) is 0. The largest absolute Gasteiger partial charge is 0.481 e. The lowest BCUT2D eigenvalue weighted by molar-refractivity contribution is -0.142. The Morgan fingerprint density at radius 1 is 1.43 bits per heavy atom. The number of carbonyl (C=O) groups excluding carboxylic acids is 1. The van der Waals surface area contributed by atoms with Gasteiger partial charge in [-0.05, 0) is 44.7 Å². The van der Waals surface area contributed by atoms with Crippen LogP contribution in [-0.2, 0) is 4.79 Å². The van der Waals surface area contributed by atoms with Crippen molar-refractivity contribution in [3.05, 3.63) is 21.9 Å². The van der Waals surface area contributed by atoms with Gasteiger partial charge in [0, 0.05) is 16.3 Å². The molecule has 0 aliphatic heterocycles. The van der Waals surface area contributed by atoms with Gasteiger partial charge in [0.05, 0.1) is 12.0 Å². The number of carboxylic acids is 1. The summed E-state index contributed by atoms with van der Waals surface area (Å²) in [5.41, 5.74) is 0. The molecule has 3 unspecified atom stereocenters. The number of carbonyl (C=O) groups is 2. The van der Waals surface area contributed by atoms with Crippen LogP contribution in [0.5, 0.6) is 0 Å². The predicted molar refractivity (Wildman–Crippen MR) is 82.5 cm³/mol. The lowest BCUT2D eigenvalue weighted by Gasteiger charge is -2.18. The smallest absolute Gasteiger partial charge is 0.315 e. The van der Waals surface area contributed by atoms with E-state index in [1.54, 1.807) is 11.3 Å². The maximum atomic E-state index is 11.9. The highest BCUT2D eigenvalue weighted by Crippen LogP contribution is 2.31. The zero-order chi connectivity index (χ0) is 15.4. The maximum absolute atomic E-state index is 11.9. The molecule has 1 heterocycles. The maximum Gasteiger partial charge on any atom is 0.315 e. The SMILES string of the molecule is Cc1ccc(C(C)NC(=O)NCC2CCCC2C(=O)O)s1. The summed E-state index contributed by atoms with van der Waals surface area (Å²) in [6.07, 6.45) is 2.51. The van der Waals surface area contributed by atoms with Gasteiger partial charge in [0.2, 0.25) is 0 Å². The Hall–Kier alpha value is -1.56. The first-order chi connectivity index (χ1) is 9.97. The van der Waals surface area contributed by atoms with Crippen LogP contribution in [0.15, 0.2) is 12.1 Å². The summed E-state index contributed by atoms with van der Waals surface area (Å²) in [6, 6.07) is 3.78. The van der Waals surface area contributed by atoms with Gasteiger partial charge in [0.15, 0.2) is 0 Å². The molecular formula is C15H22N2O3S. The van der Waals surface area contributed by atoms with Crippen LogP contribution >= 0.6 is 11.3 Å². The molecule has 1 fully saturated rings. The average molecular weight is 310 g/mol. The van der Waals surface area contributed by atoms with E-state index in [0.29, 0.717) is 13.0 Å². The third-order valence-electron chi connectivity index (χ3n) is 4.04. The Kier molecular flexibility index (Phi) is 5.22. The fourth-order valence-electron chi connectivity index (χ4n) is 2.84. The number of aliphatic carboxylic acids is 1. The number of hydrogen-bond donors (Lipinski definition) is 3. The highest BCUT2D eigenvalue weighted by Gasteiger charge is 2.32. The van der Waals surface area contributed by atoms with Gasteiger partial charge in [-0.25, -0.2) is 4.79 Å². The first kappa shape index (κ1) is 15.8. The molecule has 0 spiro atoms. The lowest BCUT2D eigenvalue weighted by atomic mass is 9.96. The average Bonchev–Trinajstić information content (AvgIpc) is 3.04. The van der Waals surface area contributed by atoms with E-state index in [1.165, 1.54) is 4.88 Å². The van der Waals surface area contributed by atoms with Crippen molar-refractivity contribution in [2.75, 3.05) is 6.54 Å². The number of amides is 2. The second-order valence-electron chi connectivity index (χ2n) is 5.66. The van der Waals surface area contributed by atoms with Crippen LogP contribution in [0.25, 0.3) is 0 Å². The summed E-state index contributed by atoms with van der Waals surface area (Å²) < 4.78 is 0. The highest BCUT2D eigenvalue weighted by atomic mass is 32.1. The Bertz CT molecular complexity index is 515. The van der Waals surface area contributed by atoms with Gasteiger partial charge in [-0.3, -0.25) is 4.79 Å². The zero-order valence-electron chi connectivity index (χ0n) is 12.4.